The van der Waals surface area contributed by atoms with E-state index in [0.717, 1.165) is 19.5 Å². The summed E-state index contributed by atoms with van der Waals surface area (Å²) in [6, 6.07) is 0. The number of aromatic amines is 1. The number of H-pyrrole nitrogens is 1. The molecule has 1 aliphatic rings. The Bertz CT molecular complexity index is 196. The quantitative estimate of drug-likeness (QED) is 0.545. The summed E-state index contributed by atoms with van der Waals surface area (Å²) >= 11 is 0. The number of hydrogen-bond acceptors (Lipinski definition) is 2. The van der Waals surface area contributed by atoms with Crippen molar-refractivity contribution in [1.82, 2.24) is 15.3 Å². The number of nitrogens with one attached hydrogen (secondary N) is 2. The minimum Gasteiger partial charge on any atom is -0.348 e. The minimum atomic E-state index is 0.929. The fraction of sp³-hybridized carbons (Fsp3) is 0.571. The van der Waals surface area contributed by atoms with Gasteiger partial charge in [-0.05, 0) is 19.4 Å². The van der Waals surface area contributed by atoms with Crippen LogP contribution in [0, 0.1) is 0 Å². The lowest BCUT2D eigenvalue weighted by atomic mass is 10.2. The van der Waals surface area contributed by atoms with Crippen LogP contribution >= 0.6 is 0 Å². The molecule has 1 aromatic heterocycles. The van der Waals surface area contributed by atoms with Gasteiger partial charge in [0.1, 0.15) is 0 Å². The molecule has 0 aromatic carbocycles. The second-order valence-corrected chi connectivity index (χ2v) is 2.61. The Labute approximate surface area is 59.9 Å². The lowest BCUT2D eigenvalue weighted by Gasteiger charge is -1.93. The maximum absolute atomic E-state index is 4.20. The normalized spacial score (nSPS) is 18.0. The molecule has 3 heteroatoms. The Morgan fingerprint density at radius 2 is 2.50 bits per heavy atom. The average Bonchev–Trinajstić information content (AvgIpc) is 2.28. The summed E-state index contributed by atoms with van der Waals surface area (Å²) in [7, 11) is 0. The molecule has 0 saturated carbocycles. The molecule has 0 radical (unpaired) electrons. The third-order valence-electron chi connectivity index (χ3n) is 1.88. The van der Waals surface area contributed by atoms with E-state index in [1.165, 1.54) is 17.8 Å². The molecule has 2 rings (SSSR count). The maximum atomic E-state index is 4.20. The second-order valence-electron chi connectivity index (χ2n) is 2.61. The maximum Gasteiger partial charge on any atom is 0.0925 e. The van der Waals surface area contributed by atoms with Crippen LogP contribution in [0.5, 0.6) is 0 Å². The molecule has 10 heavy (non-hydrogen) atoms. The van der Waals surface area contributed by atoms with Crippen LogP contribution < -0.4 is 5.32 Å². The van der Waals surface area contributed by atoms with Crippen molar-refractivity contribution >= 4 is 0 Å². The van der Waals surface area contributed by atoms with Gasteiger partial charge in [0.15, 0.2) is 0 Å². The number of nitrogens with zero attached hydrogens (tertiary/aromatic N) is 1. The fourth-order valence-corrected chi connectivity index (χ4v) is 1.32. The lowest BCUT2D eigenvalue weighted by molar-refractivity contribution is 0.672. The molecule has 1 aromatic rings. The van der Waals surface area contributed by atoms with Crippen LogP contribution in [0.15, 0.2) is 6.33 Å². The van der Waals surface area contributed by atoms with Crippen LogP contribution in [-0.4, -0.2) is 16.5 Å². The zero-order valence-electron chi connectivity index (χ0n) is 5.85. The van der Waals surface area contributed by atoms with E-state index in [1.807, 2.05) is 0 Å². The molecule has 0 spiro atoms. The third-order valence-corrected chi connectivity index (χ3v) is 1.88. The zero-order chi connectivity index (χ0) is 6.81. The van der Waals surface area contributed by atoms with Crippen molar-refractivity contribution in [2.24, 2.45) is 0 Å². The molecule has 0 atom stereocenters. The summed E-state index contributed by atoms with van der Waals surface area (Å²) in [6.45, 7) is 2.04. The van der Waals surface area contributed by atoms with Gasteiger partial charge in [0, 0.05) is 12.2 Å². The molecule has 2 heterocycles. The third kappa shape index (κ3) is 0.926. The molecule has 3 nitrogen and oxygen atoms in total. The molecule has 1 aliphatic heterocycles. The number of hydrogen-bond donors (Lipinski definition) is 2. The summed E-state index contributed by atoms with van der Waals surface area (Å²) in [6.07, 6.45) is 4.13. The second kappa shape index (κ2) is 2.42. The standard InChI is InChI=1S/C7H11N3/c1-2-6-7(4-8-3-1)10-5-9-6/h5,8H,1-4H2,(H,9,10). The van der Waals surface area contributed by atoms with Gasteiger partial charge in [-0.1, -0.05) is 0 Å². The predicted molar refractivity (Wildman–Crippen MR) is 38.6 cm³/mol. The van der Waals surface area contributed by atoms with Gasteiger partial charge in [-0.25, -0.2) is 4.98 Å². The van der Waals surface area contributed by atoms with Crippen molar-refractivity contribution < 1.29 is 0 Å². The van der Waals surface area contributed by atoms with Crippen molar-refractivity contribution in [2.75, 3.05) is 6.54 Å². The Hall–Kier alpha value is -0.830. The van der Waals surface area contributed by atoms with E-state index in [2.05, 4.69) is 15.3 Å². The molecular weight excluding hydrogens is 126 g/mol. The van der Waals surface area contributed by atoms with E-state index in [9.17, 15) is 0 Å². The summed E-state index contributed by atoms with van der Waals surface area (Å²) in [5.41, 5.74) is 2.50. The molecule has 0 aliphatic carbocycles. The first kappa shape index (κ1) is 5.92. The van der Waals surface area contributed by atoms with Crippen LogP contribution in [-0.2, 0) is 13.0 Å². The van der Waals surface area contributed by atoms with Crippen molar-refractivity contribution in [1.29, 1.82) is 0 Å². The highest BCUT2D eigenvalue weighted by atomic mass is 15.0. The first-order valence-electron chi connectivity index (χ1n) is 3.68. The van der Waals surface area contributed by atoms with Crippen molar-refractivity contribution in [2.45, 2.75) is 19.4 Å². The molecule has 0 unspecified atom stereocenters. The van der Waals surface area contributed by atoms with Crippen LogP contribution in [0.4, 0.5) is 0 Å². The van der Waals surface area contributed by atoms with Gasteiger partial charge in [0.25, 0.3) is 0 Å². The van der Waals surface area contributed by atoms with Gasteiger partial charge >= 0.3 is 0 Å². The van der Waals surface area contributed by atoms with E-state index in [-0.39, 0.29) is 0 Å². The highest BCUT2D eigenvalue weighted by Gasteiger charge is 2.07. The van der Waals surface area contributed by atoms with E-state index in [1.54, 1.807) is 6.33 Å². The summed E-state index contributed by atoms with van der Waals surface area (Å²) in [5, 5.41) is 3.31. The van der Waals surface area contributed by atoms with Crippen molar-refractivity contribution in [3.8, 4) is 0 Å². The van der Waals surface area contributed by atoms with E-state index in [0.29, 0.717) is 0 Å². The summed E-state index contributed by atoms with van der Waals surface area (Å²) in [5.74, 6) is 0. The smallest absolute Gasteiger partial charge is 0.0925 e. The Morgan fingerprint density at radius 1 is 1.50 bits per heavy atom. The largest absolute Gasteiger partial charge is 0.348 e. The van der Waals surface area contributed by atoms with Crippen LogP contribution in [0.25, 0.3) is 0 Å². The molecule has 2 N–H and O–H groups in total. The van der Waals surface area contributed by atoms with E-state index in [4.69, 9.17) is 0 Å². The van der Waals surface area contributed by atoms with Gasteiger partial charge in [-0.2, -0.15) is 0 Å². The molecular formula is C7H11N3. The Kier molecular flexibility index (Phi) is 1.43. The highest BCUT2D eigenvalue weighted by molar-refractivity contribution is 5.12. The van der Waals surface area contributed by atoms with Crippen LogP contribution in [0.1, 0.15) is 17.8 Å². The first-order valence-corrected chi connectivity index (χ1v) is 3.68. The van der Waals surface area contributed by atoms with Gasteiger partial charge in [0.05, 0.1) is 12.0 Å². The Morgan fingerprint density at radius 3 is 3.50 bits per heavy atom. The number of imidazole rings is 1. The summed E-state index contributed by atoms with van der Waals surface area (Å²) < 4.78 is 0. The van der Waals surface area contributed by atoms with Gasteiger partial charge in [-0.3, -0.25) is 0 Å². The molecule has 0 bridgehead atoms. The number of aromatic nitrogens is 2. The summed E-state index contributed by atoms with van der Waals surface area (Å²) in [4.78, 5) is 7.35. The molecule has 0 amide bonds. The van der Waals surface area contributed by atoms with Crippen LogP contribution in [0.2, 0.25) is 0 Å². The minimum absolute atomic E-state index is 0.929. The SMILES string of the molecule is c1nc2c([nH]1)CCCNC2. The number of aryl methyl sites for hydroxylation is 1. The van der Waals surface area contributed by atoms with Crippen molar-refractivity contribution in [3.63, 3.8) is 0 Å². The fourth-order valence-electron chi connectivity index (χ4n) is 1.32. The average molecular weight is 137 g/mol. The number of rotatable bonds is 0. The highest BCUT2D eigenvalue weighted by Crippen LogP contribution is 2.07. The predicted octanol–water partition coefficient (Wildman–Crippen LogP) is 0.445. The van der Waals surface area contributed by atoms with Crippen LogP contribution in [0.3, 0.4) is 0 Å². The molecule has 54 valence electrons. The Balaban J connectivity index is 2.28. The lowest BCUT2D eigenvalue weighted by Crippen LogP contribution is -2.12. The van der Waals surface area contributed by atoms with Gasteiger partial charge in [0.2, 0.25) is 0 Å². The van der Waals surface area contributed by atoms with Crippen molar-refractivity contribution in [3.05, 3.63) is 17.7 Å². The monoisotopic (exact) mass is 137 g/mol. The molecule has 0 fully saturated rings. The topological polar surface area (TPSA) is 40.7 Å². The van der Waals surface area contributed by atoms with Gasteiger partial charge < -0.3 is 10.3 Å². The zero-order valence-corrected chi connectivity index (χ0v) is 5.85. The number of fused-ring (bicyclic) bond motifs is 1. The van der Waals surface area contributed by atoms with E-state index >= 15 is 0 Å². The first-order chi connectivity index (χ1) is 4.97. The molecule has 0 saturated heterocycles. The van der Waals surface area contributed by atoms with E-state index < -0.39 is 0 Å². The van der Waals surface area contributed by atoms with Gasteiger partial charge in [-0.15, -0.1) is 0 Å².